The highest BCUT2D eigenvalue weighted by atomic mass is 16.4. The highest BCUT2D eigenvalue weighted by Crippen LogP contribution is 2.40. The first-order valence-corrected chi connectivity index (χ1v) is 3.45. The molecule has 1 N–H and O–H groups in total. The first kappa shape index (κ1) is 5.92. The fraction of sp³-hybridized carbons (Fsp3) is 0.571. The van der Waals surface area contributed by atoms with Crippen molar-refractivity contribution in [3.8, 4) is 0 Å². The van der Waals surface area contributed by atoms with Crippen molar-refractivity contribution in [3.63, 3.8) is 0 Å². The Labute approximate surface area is 58.7 Å². The lowest BCUT2D eigenvalue weighted by atomic mass is 10.3. The number of rotatable bonds is 2. The Morgan fingerprint density at radius 3 is 3.00 bits per heavy atom. The quantitative estimate of drug-likeness (QED) is 0.666. The van der Waals surface area contributed by atoms with Crippen LogP contribution in [0.2, 0.25) is 0 Å². The summed E-state index contributed by atoms with van der Waals surface area (Å²) < 4.78 is 5.20. The Bertz CT molecular complexity index is 227. The SMILES string of the molecule is OCc1ncc(C2CC2)o1. The molecule has 1 aromatic heterocycles. The van der Waals surface area contributed by atoms with Crippen LogP contribution in [0.5, 0.6) is 0 Å². The first-order valence-electron chi connectivity index (χ1n) is 3.45. The van der Waals surface area contributed by atoms with Gasteiger partial charge in [0.25, 0.3) is 0 Å². The lowest BCUT2D eigenvalue weighted by Gasteiger charge is -1.85. The van der Waals surface area contributed by atoms with Gasteiger partial charge in [-0.1, -0.05) is 0 Å². The van der Waals surface area contributed by atoms with E-state index in [0.717, 1.165) is 5.76 Å². The molecule has 0 aliphatic heterocycles. The van der Waals surface area contributed by atoms with Crippen molar-refractivity contribution in [1.82, 2.24) is 4.98 Å². The van der Waals surface area contributed by atoms with Gasteiger partial charge in [0, 0.05) is 5.92 Å². The van der Waals surface area contributed by atoms with E-state index in [2.05, 4.69) is 4.98 Å². The zero-order valence-corrected chi connectivity index (χ0v) is 5.58. The van der Waals surface area contributed by atoms with Crippen LogP contribution in [0.25, 0.3) is 0 Å². The molecular formula is C7H9NO2. The molecule has 0 saturated heterocycles. The zero-order chi connectivity index (χ0) is 6.97. The second-order valence-electron chi connectivity index (χ2n) is 2.59. The topological polar surface area (TPSA) is 46.3 Å². The largest absolute Gasteiger partial charge is 0.443 e. The molecule has 0 aromatic carbocycles. The van der Waals surface area contributed by atoms with E-state index in [4.69, 9.17) is 9.52 Å². The van der Waals surface area contributed by atoms with Crippen LogP contribution >= 0.6 is 0 Å². The van der Waals surface area contributed by atoms with E-state index in [1.807, 2.05) is 0 Å². The molecule has 1 saturated carbocycles. The molecule has 54 valence electrons. The summed E-state index contributed by atoms with van der Waals surface area (Å²) in [4.78, 5) is 3.88. The Morgan fingerprint density at radius 1 is 1.70 bits per heavy atom. The van der Waals surface area contributed by atoms with E-state index < -0.39 is 0 Å². The maximum Gasteiger partial charge on any atom is 0.220 e. The average molecular weight is 139 g/mol. The molecule has 1 aliphatic rings. The normalized spacial score (nSPS) is 17.7. The van der Waals surface area contributed by atoms with Crippen molar-refractivity contribution in [2.75, 3.05) is 0 Å². The number of oxazole rings is 1. The molecule has 1 fully saturated rings. The van der Waals surface area contributed by atoms with Crippen LogP contribution in [0, 0.1) is 0 Å². The maximum absolute atomic E-state index is 8.60. The molecule has 3 nitrogen and oxygen atoms in total. The van der Waals surface area contributed by atoms with Gasteiger partial charge in [-0.15, -0.1) is 0 Å². The van der Waals surface area contributed by atoms with Crippen LogP contribution in [0.4, 0.5) is 0 Å². The van der Waals surface area contributed by atoms with Crippen LogP contribution < -0.4 is 0 Å². The summed E-state index contributed by atoms with van der Waals surface area (Å²) in [6, 6.07) is 0. The van der Waals surface area contributed by atoms with Crippen molar-refractivity contribution < 1.29 is 9.52 Å². The minimum Gasteiger partial charge on any atom is -0.443 e. The summed E-state index contributed by atoms with van der Waals surface area (Å²) in [5, 5.41) is 8.60. The van der Waals surface area contributed by atoms with Crippen LogP contribution in [-0.2, 0) is 6.61 Å². The summed E-state index contributed by atoms with van der Waals surface area (Å²) >= 11 is 0. The van der Waals surface area contributed by atoms with Gasteiger partial charge in [0.2, 0.25) is 5.89 Å². The number of nitrogens with zero attached hydrogens (tertiary/aromatic N) is 1. The lowest BCUT2D eigenvalue weighted by Crippen LogP contribution is -1.78. The van der Waals surface area contributed by atoms with E-state index in [1.54, 1.807) is 6.20 Å². The standard InChI is InChI=1S/C7H9NO2/c9-4-7-8-3-6(10-7)5-1-2-5/h3,5,9H,1-2,4H2. The molecule has 2 rings (SSSR count). The summed E-state index contributed by atoms with van der Waals surface area (Å²) in [5.41, 5.74) is 0. The van der Waals surface area contributed by atoms with Crippen LogP contribution in [0.1, 0.15) is 30.4 Å². The summed E-state index contributed by atoms with van der Waals surface area (Å²) in [6.07, 6.45) is 4.13. The average Bonchev–Trinajstić information content (AvgIpc) is 2.70. The Morgan fingerprint density at radius 2 is 2.50 bits per heavy atom. The minimum absolute atomic E-state index is 0.0906. The molecule has 0 amide bonds. The van der Waals surface area contributed by atoms with Crippen molar-refractivity contribution in [1.29, 1.82) is 0 Å². The van der Waals surface area contributed by atoms with E-state index in [1.165, 1.54) is 12.8 Å². The molecule has 3 heteroatoms. The van der Waals surface area contributed by atoms with E-state index in [0.29, 0.717) is 11.8 Å². The fourth-order valence-electron chi connectivity index (χ4n) is 0.954. The third-order valence-electron chi connectivity index (χ3n) is 1.69. The lowest BCUT2D eigenvalue weighted by molar-refractivity contribution is 0.236. The van der Waals surface area contributed by atoms with Gasteiger partial charge in [0.05, 0.1) is 6.20 Å². The molecule has 0 radical (unpaired) electrons. The van der Waals surface area contributed by atoms with Gasteiger partial charge in [0.15, 0.2) is 0 Å². The first-order chi connectivity index (χ1) is 4.90. The molecule has 1 aromatic rings. The highest BCUT2D eigenvalue weighted by molar-refractivity contribution is 5.08. The third-order valence-corrected chi connectivity index (χ3v) is 1.69. The number of hydrogen-bond donors (Lipinski definition) is 1. The predicted octanol–water partition coefficient (Wildman–Crippen LogP) is 1.04. The minimum atomic E-state index is -0.0906. The van der Waals surface area contributed by atoms with E-state index in [-0.39, 0.29) is 6.61 Å². The molecule has 0 unspecified atom stereocenters. The van der Waals surface area contributed by atoms with Gasteiger partial charge < -0.3 is 9.52 Å². The summed E-state index contributed by atoms with van der Waals surface area (Å²) in [7, 11) is 0. The van der Waals surface area contributed by atoms with Crippen molar-refractivity contribution in [2.24, 2.45) is 0 Å². The smallest absolute Gasteiger partial charge is 0.220 e. The monoisotopic (exact) mass is 139 g/mol. The van der Waals surface area contributed by atoms with Gasteiger partial charge in [-0.25, -0.2) is 4.98 Å². The van der Waals surface area contributed by atoms with Crippen molar-refractivity contribution >= 4 is 0 Å². The van der Waals surface area contributed by atoms with Gasteiger partial charge in [-0.05, 0) is 12.8 Å². The molecule has 0 spiro atoms. The van der Waals surface area contributed by atoms with Gasteiger partial charge in [0.1, 0.15) is 12.4 Å². The Balaban J connectivity index is 2.19. The maximum atomic E-state index is 8.60. The summed E-state index contributed by atoms with van der Waals surface area (Å²) in [6.45, 7) is -0.0906. The third kappa shape index (κ3) is 0.926. The van der Waals surface area contributed by atoms with Crippen LogP contribution in [0.3, 0.4) is 0 Å². The van der Waals surface area contributed by atoms with E-state index >= 15 is 0 Å². The van der Waals surface area contributed by atoms with Gasteiger partial charge in [-0.3, -0.25) is 0 Å². The molecule has 1 heterocycles. The number of aliphatic hydroxyl groups excluding tert-OH is 1. The van der Waals surface area contributed by atoms with Gasteiger partial charge in [-0.2, -0.15) is 0 Å². The Kier molecular flexibility index (Phi) is 1.24. The fourth-order valence-corrected chi connectivity index (χ4v) is 0.954. The van der Waals surface area contributed by atoms with Crippen LogP contribution in [-0.4, -0.2) is 10.1 Å². The van der Waals surface area contributed by atoms with Crippen LogP contribution in [0.15, 0.2) is 10.6 Å². The number of aromatic nitrogens is 1. The van der Waals surface area contributed by atoms with Crippen molar-refractivity contribution in [2.45, 2.75) is 25.4 Å². The molecule has 10 heavy (non-hydrogen) atoms. The number of aliphatic hydroxyl groups is 1. The second-order valence-corrected chi connectivity index (χ2v) is 2.59. The van der Waals surface area contributed by atoms with Gasteiger partial charge >= 0.3 is 0 Å². The van der Waals surface area contributed by atoms with Crippen molar-refractivity contribution in [3.05, 3.63) is 17.8 Å². The summed E-state index contributed by atoms with van der Waals surface area (Å²) in [5.74, 6) is 1.96. The molecular weight excluding hydrogens is 130 g/mol. The molecule has 0 atom stereocenters. The molecule has 0 bridgehead atoms. The second kappa shape index (κ2) is 2.09. The number of hydrogen-bond acceptors (Lipinski definition) is 3. The zero-order valence-electron chi connectivity index (χ0n) is 5.58. The highest BCUT2D eigenvalue weighted by Gasteiger charge is 2.27. The predicted molar refractivity (Wildman–Crippen MR) is 34.4 cm³/mol. The Hall–Kier alpha value is -0.830. The molecule has 1 aliphatic carbocycles. The van der Waals surface area contributed by atoms with E-state index in [9.17, 15) is 0 Å².